The average Bonchev–Trinajstić information content (AvgIpc) is 3.08. The number of amides is 1. The second-order valence-electron chi connectivity index (χ2n) is 5.29. The predicted octanol–water partition coefficient (Wildman–Crippen LogP) is 1.56. The molecule has 2 heterocycles. The third-order valence-electron chi connectivity index (χ3n) is 3.90. The third-order valence-corrected chi connectivity index (χ3v) is 4.14. The zero-order valence-electron chi connectivity index (χ0n) is 12.6. The van der Waals surface area contributed by atoms with Crippen LogP contribution in [0.15, 0.2) is 24.5 Å². The van der Waals surface area contributed by atoms with E-state index in [9.17, 15) is 4.79 Å². The van der Waals surface area contributed by atoms with Crippen LogP contribution in [0.3, 0.4) is 0 Å². The summed E-state index contributed by atoms with van der Waals surface area (Å²) in [6.45, 7) is 1.44. The van der Waals surface area contributed by atoms with Crippen LogP contribution < -0.4 is 5.32 Å². The van der Waals surface area contributed by atoms with Crippen molar-refractivity contribution in [2.24, 2.45) is 0 Å². The van der Waals surface area contributed by atoms with Crippen molar-refractivity contribution in [1.29, 1.82) is 0 Å². The van der Waals surface area contributed by atoms with Crippen LogP contribution in [0.5, 0.6) is 0 Å². The van der Waals surface area contributed by atoms with Crippen molar-refractivity contribution in [3.05, 3.63) is 35.1 Å². The van der Waals surface area contributed by atoms with Gasteiger partial charge in [0.1, 0.15) is 6.33 Å². The van der Waals surface area contributed by atoms with Gasteiger partial charge >= 0.3 is 0 Å². The minimum Gasteiger partial charge on any atom is -0.337 e. The van der Waals surface area contributed by atoms with Crippen molar-refractivity contribution in [3.63, 3.8) is 0 Å². The number of likely N-dealkylation sites (tertiary alicyclic amines) is 1. The first-order valence-corrected chi connectivity index (χ1v) is 7.56. The summed E-state index contributed by atoms with van der Waals surface area (Å²) >= 11 is 6.07. The maximum absolute atomic E-state index is 12.9. The fourth-order valence-electron chi connectivity index (χ4n) is 2.72. The number of piperidine rings is 1. The summed E-state index contributed by atoms with van der Waals surface area (Å²) in [6.07, 6.45) is 3.53. The molecule has 1 saturated heterocycles. The molecule has 0 spiro atoms. The van der Waals surface area contributed by atoms with Gasteiger partial charge in [-0.2, -0.15) is 4.68 Å². The van der Waals surface area contributed by atoms with E-state index in [-0.39, 0.29) is 18.3 Å². The minimum atomic E-state index is -0.0482. The molecule has 0 aliphatic carbocycles. The van der Waals surface area contributed by atoms with E-state index in [1.165, 1.54) is 11.0 Å². The van der Waals surface area contributed by atoms with E-state index in [0.717, 1.165) is 19.4 Å². The lowest BCUT2D eigenvalue weighted by atomic mass is 10.0. The van der Waals surface area contributed by atoms with Crippen LogP contribution in [-0.2, 0) is 0 Å². The molecular formula is C14H18Cl2N6O. The Kier molecular flexibility index (Phi) is 5.92. The van der Waals surface area contributed by atoms with Gasteiger partial charge in [-0.1, -0.05) is 11.6 Å². The Bertz CT molecular complexity index is 663. The Labute approximate surface area is 145 Å². The smallest absolute Gasteiger partial charge is 0.256 e. The molecular weight excluding hydrogens is 339 g/mol. The Balaban J connectivity index is 0.00000192. The maximum Gasteiger partial charge on any atom is 0.256 e. The Morgan fingerprint density at radius 2 is 2.26 bits per heavy atom. The van der Waals surface area contributed by atoms with E-state index in [1.54, 1.807) is 18.2 Å². The second kappa shape index (κ2) is 7.72. The van der Waals surface area contributed by atoms with Gasteiger partial charge in [-0.3, -0.25) is 4.79 Å². The molecule has 1 aromatic carbocycles. The van der Waals surface area contributed by atoms with E-state index in [1.807, 2.05) is 11.9 Å². The van der Waals surface area contributed by atoms with E-state index < -0.39 is 0 Å². The largest absolute Gasteiger partial charge is 0.337 e. The normalized spacial score (nSPS) is 17.7. The number of carbonyl (C=O) groups is 1. The summed E-state index contributed by atoms with van der Waals surface area (Å²) in [7, 11) is 1.92. The van der Waals surface area contributed by atoms with Crippen molar-refractivity contribution in [2.45, 2.75) is 18.9 Å². The lowest BCUT2D eigenvalue weighted by molar-refractivity contribution is 0.0698. The summed E-state index contributed by atoms with van der Waals surface area (Å²) in [4.78, 5) is 14.7. The number of carbonyl (C=O) groups excluding carboxylic acids is 1. The fraction of sp³-hybridized carbons (Fsp3) is 0.429. The van der Waals surface area contributed by atoms with Gasteiger partial charge in [-0.25, -0.2) is 0 Å². The molecule has 0 radical (unpaired) electrons. The number of likely N-dealkylation sites (N-methyl/N-ethyl adjacent to an activating group) is 1. The van der Waals surface area contributed by atoms with Crippen LogP contribution in [0, 0.1) is 0 Å². The van der Waals surface area contributed by atoms with Crippen molar-refractivity contribution in [1.82, 2.24) is 30.4 Å². The number of nitrogens with one attached hydrogen (secondary N) is 1. The summed E-state index contributed by atoms with van der Waals surface area (Å²) in [5, 5.41) is 14.9. The van der Waals surface area contributed by atoms with Gasteiger partial charge in [0.25, 0.3) is 5.91 Å². The molecule has 23 heavy (non-hydrogen) atoms. The molecule has 1 unspecified atom stereocenters. The highest BCUT2D eigenvalue weighted by molar-refractivity contribution is 6.31. The first-order chi connectivity index (χ1) is 10.7. The highest BCUT2D eigenvalue weighted by Crippen LogP contribution is 2.22. The molecule has 0 saturated carbocycles. The summed E-state index contributed by atoms with van der Waals surface area (Å²) < 4.78 is 1.48. The Morgan fingerprint density at radius 3 is 2.96 bits per heavy atom. The summed E-state index contributed by atoms with van der Waals surface area (Å²) in [5.74, 6) is -0.0482. The van der Waals surface area contributed by atoms with E-state index in [4.69, 9.17) is 11.6 Å². The number of nitrogens with zero attached hydrogens (tertiary/aromatic N) is 5. The van der Waals surface area contributed by atoms with Crippen LogP contribution in [0.1, 0.15) is 23.2 Å². The standard InChI is InChI=1S/C14H17ClN6O.ClH/c1-16-11-3-2-6-20(8-11)14(22)12-7-10(15)4-5-13(12)21-9-17-18-19-21;/h4-5,7,9,11,16H,2-3,6,8H2,1H3;1H. The van der Waals surface area contributed by atoms with Crippen LogP contribution >= 0.6 is 24.0 Å². The molecule has 1 fully saturated rings. The SMILES string of the molecule is CNC1CCCN(C(=O)c2cc(Cl)ccc2-n2cnnn2)C1.Cl. The molecule has 1 aliphatic heterocycles. The number of hydrogen-bond acceptors (Lipinski definition) is 5. The van der Waals surface area contributed by atoms with Crippen molar-refractivity contribution in [3.8, 4) is 5.69 Å². The van der Waals surface area contributed by atoms with E-state index >= 15 is 0 Å². The molecule has 1 amide bonds. The van der Waals surface area contributed by atoms with Crippen molar-refractivity contribution >= 4 is 29.9 Å². The summed E-state index contributed by atoms with van der Waals surface area (Å²) in [5.41, 5.74) is 1.14. The molecule has 2 aromatic rings. The van der Waals surface area contributed by atoms with Gasteiger partial charge in [0.15, 0.2) is 0 Å². The van der Waals surface area contributed by atoms with Gasteiger partial charge in [-0.05, 0) is 48.5 Å². The van der Waals surface area contributed by atoms with Crippen LogP contribution in [-0.4, -0.2) is 57.2 Å². The fourth-order valence-corrected chi connectivity index (χ4v) is 2.89. The minimum absolute atomic E-state index is 0. The highest BCUT2D eigenvalue weighted by Gasteiger charge is 2.26. The topological polar surface area (TPSA) is 75.9 Å². The third kappa shape index (κ3) is 3.80. The number of rotatable bonds is 3. The lowest BCUT2D eigenvalue weighted by Gasteiger charge is -2.33. The molecule has 1 aliphatic rings. The van der Waals surface area contributed by atoms with Crippen LogP contribution in [0.25, 0.3) is 5.69 Å². The molecule has 1 atom stereocenters. The second-order valence-corrected chi connectivity index (χ2v) is 5.73. The maximum atomic E-state index is 12.9. The zero-order chi connectivity index (χ0) is 15.5. The zero-order valence-corrected chi connectivity index (χ0v) is 14.2. The first-order valence-electron chi connectivity index (χ1n) is 7.18. The van der Waals surface area contributed by atoms with Gasteiger partial charge in [0.05, 0.1) is 11.3 Å². The molecule has 9 heteroatoms. The number of benzene rings is 1. The summed E-state index contributed by atoms with van der Waals surface area (Å²) in [6, 6.07) is 5.48. The van der Waals surface area contributed by atoms with Gasteiger partial charge in [-0.15, -0.1) is 17.5 Å². The molecule has 3 rings (SSSR count). The average molecular weight is 357 g/mol. The van der Waals surface area contributed by atoms with Gasteiger partial charge < -0.3 is 10.2 Å². The van der Waals surface area contributed by atoms with Crippen molar-refractivity contribution in [2.75, 3.05) is 20.1 Å². The number of tetrazole rings is 1. The van der Waals surface area contributed by atoms with Gasteiger partial charge in [0, 0.05) is 24.2 Å². The molecule has 0 bridgehead atoms. The number of aromatic nitrogens is 4. The highest BCUT2D eigenvalue weighted by atomic mass is 35.5. The Hall–Kier alpha value is -1.70. The van der Waals surface area contributed by atoms with Gasteiger partial charge in [0.2, 0.25) is 0 Å². The monoisotopic (exact) mass is 356 g/mol. The molecule has 1 aromatic heterocycles. The lowest BCUT2D eigenvalue weighted by Crippen LogP contribution is -2.47. The number of halogens is 2. The molecule has 1 N–H and O–H groups in total. The van der Waals surface area contributed by atoms with Crippen LogP contribution in [0.2, 0.25) is 5.02 Å². The predicted molar refractivity (Wildman–Crippen MR) is 89.4 cm³/mol. The molecule has 124 valence electrons. The Morgan fingerprint density at radius 1 is 1.43 bits per heavy atom. The number of hydrogen-bond donors (Lipinski definition) is 1. The molecule has 7 nitrogen and oxygen atoms in total. The van der Waals surface area contributed by atoms with Crippen molar-refractivity contribution < 1.29 is 4.79 Å². The van der Waals surface area contributed by atoms with E-state index in [2.05, 4.69) is 20.8 Å². The van der Waals surface area contributed by atoms with Crippen LogP contribution in [0.4, 0.5) is 0 Å². The van der Waals surface area contributed by atoms with E-state index in [0.29, 0.717) is 28.9 Å². The quantitative estimate of drug-likeness (QED) is 0.902. The first kappa shape index (κ1) is 17.7.